The Hall–Kier alpha value is -2.85. The molecule has 0 fully saturated rings. The van der Waals surface area contributed by atoms with Gasteiger partial charge in [0.1, 0.15) is 11.1 Å². The van der Waals surface area contributed by atoms with E-state index in [1.54, 1.807) is 6.20 Å². The van der Waals surface area contributed by atoms with Gasteiger partial charge in [0, 0.05) is 30.0 Å². The van der Waals surface area contributed by atoms with Crippen molar-refractivity contribution < 1.29 is 0 Å². The maximum absolute atomic E-state index is 4.33. The molecule has 1 heteroatoms. The van der Waals surface area contributed by atoms with E-state index in [4.69, 9.17) is 0 Å². The van der Waals surface area contributed by atoms with Crippen LogP contribution in [0.2, 0.25) is 0 Å². The van der Waals surface area contributed by atoms with Gasteiger partial charge in [-0.05, 0) is 35.9 Å². The van der Waals surface area contributed by atoms with E-state index in [9.17, 15) is 0 Å². The molecule has 0 saturated heterocycles. The van der Waals surface area contributed by atoms with Crippen LogP contribution in [0.4, 0.5) is 0 Å². The Bertz CT molecular complexity index is 638. The van der Waals surface area contributed by atoms with Gasteiger partial charge in [-0.2, -0.15) is 18.6 Å². The van der Waals surface area contributed by atoms with Crippen molar-refractivity contribution in [1.29, 1.82) is 0 Å². The summed E-state index contributed by atoms with van der Waals surface area (Å²) >= 11 is 0. The van der Waals surface area contributed by atoms with Crippen molar-refractivity contribution in [2.45, 2.75) is 0 Å². The molecule has 0 N–H and O–H groups in total. The molecule has 1 aliphatic heterocycles. The van der Waals surface area contributed by atoms with Gasteiger partial charge < -0.3 is 5.32 Å². The molecule has 0 atom stereocenters. The van der Waals surface area contributed by atoms with Gasteiger partial charge in [-0.1, -0.05) is 0 Å². The lowest BCUT2D eigenvalue weighted by molar-refractivity contribution is 1.41. The Morgan fingerprint density at radius 3 is 2.50 bits per heavy atom. The van der Waals surface area contributed by atoms with Crippen LogP contribution in [0.1, 0.15) is 5.56 Å². The molecule has 1 nitrogen and oxygen atoms in total. The molecule has 0 spiro atoms. The number of rotatable bonds is 2. The maximum Gasteiger partial charge on any atom is 0.145 e. The van der Waals surface area contributed by atoms with Crippen molar-refractivity contribution in [3.8, 4) is 0 Å². The fourth-order valence-electron chi connectivity index (χ4n) is 1.93. The smallest absolute Gasteiger partial charge is 0.145 e. The molecule has 3 rings (SSSR count). The van der Waals surface area contributed by atoms with Crippen LogP contribution in [0.3, 0.4) is 0 Å². The molecule has 94 valence electrons. The largest absolute Gasteiger partial charge is 0.632 e. The second-order valence-corrected chi connectivity index (χ2v) is 4.41. The van der Waals surface area contributed by atoms with Gasteiger partial charge >= 0.3 is 0 Å². The third kappa shape index (κ3) is 3.13. The van der Waals surface area contributed by atoms with E-state index in [-0.39, 0.29) is 0 Å². The lowest BCUT2D eigenvalue weighted by atomic mass is 10.0. The van der Waals surface area contributed by atoms with Crippen molar-refractivity contribution in [2.75, 3.05) is 0 Å². The Balaban J connectivity index is 1.84. The SMILES string of the molecule is [C+](=C1C=C[CH-]C=C1)C1=CC(=[C+]c2ccccc2)[N-]C=C1. The third-order valence-electron chi connectivity index (χ3n) is 2.87. The van der Waals surface area contributed by atoms with Crippen LogP contribution >= 0.6 is 0 Å². The van der Waals surface area contributed by atoms with Crippen molar-refractivity contribution in [2.24, 2.45) is 0 Å². The molecule has 0 amide bonds. The Morgan fingerprint density at radius 1 is 0.900 bits per heavy atom. The van der Waals surface area contributed by atoms with Crippen LogP contribution in [0, 0.1) is 18.6 Å². The van der Waals surface area contributed by atoms with Gasteiger partial charge in [-0.3, -0.25) is 0 Å². The molecule has 2 aliphatic rings. The average Bonchev–Trinajstić information content (AvgIpc) is 2.50. The van der Waals surface area contributed by atoms with Crippen LogP contribution in [-0.4, -0.2) is 0 Å². The molecule has 0 unspecified atom stereocenters. The van der Waals surface area contributed by atoms with E-state index in [1.807, 2.05) is 73.2 Å². The van der Waals surface area contributed by atoms with E-state index in [0.717, 1.165) is 22.4 Å². The Labute approximate surface area is 120 Å². The summed E-state index contributed by atoms with van der Waals surface area (Å²) < 4.78 is 0. The minimum atomic E-state index is 0.817. The zero-order valence-corrected chi connectivity index (χ0v) is 11.0. The van der Waals surface area contributed by atoms with E-state index in [2.05, 4.69) is 17.5 Å². The summed E-state index contributed by atoms with van der Waals surface area (Å²) in [6.45, 7) is 0. The lowest BCUT2D eigenvalue weighted by Gasteiger charge is -2.15. The minimum Gasteiger partial charge on any atom is -0.632 e. The highest BCUT2D eigenvalue weighted by atomic mass is 14.8. The van der Waals surface area contributed by atoms with E-state index in [0.29, 0.717) is 0 Å². The van der Waals surface area contributed by atoms with Crippen molar-refractivity contribution in [1.82, 2.24) is 0 Å². The number of benzene rings is 1. The van der Waals surface area contributed by atoms with Crippen molar-refractivity contribution >= 4 is 0 Å². The molecule has 1 heterocycles. The summed E-state index contributed by atoms with van der Waals surface area (Å²) in [4.78, 5) is 0. The summed E-state index contributed by atoms with van der Waals surface area (Å²) in [6.07, 6.45) is 22.4. The second-order valence-electron chi connectivity index (χ2n) is 4.41. The van der Waals surface area contributed by atoms with Crippen LogP contribution in [-0.2, 0) is 0 Å². The van der Waals surface area contributed by atoms with Crippen LogP contribution < -0.4 is 0 Å². The van der Waals surface area contributed by atoms with Gasteiger partial charge in [0.15, 0.2) is 0 Å². The third-order valence-corrected chi connectivity index (χ3v) is 2.87. The fourth-order valence-corrected chi connectivity index (χ4v) is 1.93. The van der Waals surface area contributed by atoms with Crippen molar-refractivity contribution in [3.63, 3.8) is 0 Å². The van der Waals surface area contributed by atoms with Gasteiger partial charge in [-0.25, -0.2) is 0 Å². The molecule has 20 heavy (non-hydrogen) atoms. The summed E-state index contributed by atoms with van der Waals surface area (Å²) in [5.41, 5.74) is 3.91. The van der Waals surface area contributed by atoms with Crippen LogP contribution in [0.25, 0.3) is 5.32 Å². The Kier molecular flexibility index (Phi) is 3.57. The molecule has 1 aromatic rings. The monoisotopic (exact) mass is 255 g/mol. The first-order chi connectivity index (χ1) is 9.90. The number of hydrogen-bond donors (Lipinski definition) is 0. The van der Waals surface area contributed by atoms with Crippen molar-refractivity contribution in [3.05, 3.63) is 119 Å². The molecule has 0 aromatic heterocycles. The van der Waals surface area contributed by atoms with Gasteiger partial charge in [0.25, 0.3) is 0 Å². The van der Waals surface area contributed by atoms with E-state index >= 15 is 0 Å². The highest BCUT2D eigenvalue weighted by Crippen LogP contribution is 2.21. The minimum absolute atomic E-state index is 0.817. The first-order valence-electron chi connectivity index (χ1n) is 6.50. The molecule has 0 saturated carbocycles. The molecular formula is C19H13N. The molecule has 1 aromatic carbocycles. The van der Waals surface area contributed by atoms with Gasteiger partial charge in [-0.15, -0.1) is 18.4 Å². The summed E-state index contributed by atoms with van der Waals surface area (Å²) in [5.74, 6) is 0. The summed E-state index contributed by atoms with van der Waals surface area (Å²) in [7, 11) is 0. The molecule has 1 aliphatic carbocycles. The first kappa shape index (κ1) is 12.2. The molecular weight excluding hydrogens is 242 g/mol. The van der Waals surface area contributed by atoms with Gasteiger partial charge in [0.2, 0.25) is 0 Å². The quantitative estimate of drug-likeness (QED) is 0.685. The zero-order chi connectivity index (χ0) is 13.6. The highest BCUT2D eigenvalue weighted by Gasteiger charge is 2.02. The van der Waals surface area contributed by atoms with E-state index < -0.39 is 0 Å². The Morgan fingerprint density at radius 2 is 1.70 bits per heavy atom. The van der Waals surface area contributed by atoms with E-state index in [1.165, 1.54) is 0 Å². The summed E-state index contributed by atoms with van der Waals surface area (Å²) in [5, 5.41) is 4.33. The average molecular weight is 255 g/mol. The lowest BCUT2D eigenvalue weighted by Crippen LogP contribution is -1.88. The van der Waals surface area contributed by atoms with Crippen LogP contribution in [0.5, 0.6) is 0 Å². The summed E-state index contributed by atoms with van der Waals surface area (Å²) in [6, 6.07) is 10.0. The normalized spacial score (nSPS) is 17.9. The predicted molar refractivity (Wildman–Crippen MR) is 82.2 cm³/mol. The number of nitrogens with zero attached hydrogens (tertiary/aromatic N) is 1. The fraction of sp³-hybridized carbons (Fsp3) is 0. The molecule has 0 radical (unpaired) electrons. The number of hydrogen-bond acceptors (Lipinski definition) is 0. The second kappa shape index (κ2) is 5.86. The predicted octanol–water partition coefficient (Wildman–Crippen LogP) is 4.61. The maximum atomic E-state index is 4.33. The topological polar surface area (TPSA) is 14.1 Å². The first-order valence-corrected chi connectivity index (χ1v) is 6.50. The molecule has 0 bridgehead atoms. The van der Waals surface area contributed by atoms with Crippen LogP contribution in [0.15, 0.2) is 89.8 Å². The highest BCUT2D eigenvalue weighted by molar-refractivity contribution is 5.51. The standard InChI is InChI=1S/C19H13N/c1-3-7-16(8-4-1)13-18-11-12-20-19(15-18)14-17-9-5-2-6-10-17/h1-12,15H. The zero-order valence-electron chi connectivity index (χ0n) is 11.0. The number of allylic oxidation sites excluding steroid dienone is 9. The van der Waals surface area contributed by atoms with Gasteiger partial charge in [0.05, 0.1) is 0 Å².